The fourth-order valence-electron chi connectivity index (χ4n) is 5.10. The number of fused-ring (bicyclic) bond motifs is 1. The summed E-state index contributed by atoms with van der Waals surface area (Å²) in [5.41, 5.74) is 4.07. The number of nitrogens with one attached hydrogen (secondary N) is 1. The van der Waals surface area contributed by atoms with Gasteiger partial charge in [-0.05, 0) is 26.2 Å². The molecule has 2 fully saturated rings. The van der Waals surface area contributed by atoms with Gasteiger partial charge in [-0.1, -0.05) is 30.3 Å². The van der Waals surface area contributed by atoms with Crippen LogP contribution >= 0.6 is 0 Å². The lowest BCUT2D eigenvalue weighted by molar-refractivity contribution is 0.0694. The third kappa shape index (κ3) is 6.56. The number of carbonyl (C=O) groups excluding carboxylic acids is 1. The fourth-order valence-corrected chi connectivity index (χ4v) is 5.10. The molecule has 1 amide bonds. The van der Waals surface area contributed by atoms with Crippen molar-refractivity contribution in [3.63, 3.8) is 0 Å². The third-order valence-electron chi connectivity index (χ3n) is 7.08. The zero-order valence-corrected chi connectivity index (χ0v) is 23.9. The number of benzene rings is 1. The monoisotopic (exact) mass is 581 g/mol. The van der Waals surface area contributed by atoms with Crippen molar-refractivity contribution in [3.05, 3.63) is 47.7 Å². The summed E-state index contributed by atoms with van der Waals surface area (Å²) < 4.78 is 31.1. The molecular formula is C27H33N8O5S-. The molecule has 3 aromatic heterocycles. The minimum Gasteiger partial charge on any atom is -0.760 e. The number of nitrogens with two attached hydrogens (primary N) is 1. The van der Waals surface area contributed by atoms with E-state index in [2.05, 4.69) is 15.4 Å². The number of carbonyl (C=O) groups is 1. The van der Waals surface area contributed by atoms with Gasteiger partial charge in [0.15, 0.2) is 17.2 Å². The first-order valence-electron chi connectivity index (χ1n) is 13.4. The smallest absolute Gasteiger partial charge is 0.289 e. The molecule has 0 bridgehead atoms. The van der Waals surface area contributed by atoms with Crippen LogP contribution in [0.4, 0.5) is 17.6 Å². The van der Waals surface area contributed by atoms with Gasteiger partial charge in [0.05, 0.1) is 18.9 Å². The number of hydrogen-bond donors (Lipinski definition) is 2. The highest BCUT2D eigenvalue weighted by atomic mass is 32.2. The van der Waals surface area contributed by atoms with E-state index in [1.807, 2.05) is 49.2 Å². The molecule has 2 aliphatic rings. The van der Waals surface area contributed by atoms with E-state index in [1.54, 1.807) is 10.7 Å². The fraction of sp³-hybridized carbons (Fsp3) is 0.407. The maximum Gasteiger partial charge on any atom is 0.289 e. The molecule has 1 atom stereocenters. The van der Waals surface area contributed by atoms with Crippen LogP contribution in [0, 0.1) is 6.92 Å². The van der Waals surface area contributed by atoms with Crippen LogP contribution in [0.15, 0.2) is 40.8 Å². The number of likely N-dealkylation sites (tertiary alicyclic amines) is 1. The highest BCUT2D eigenvalue weighted by Gasteiger charge is 2.26. The van der Waals surface area contributed by atoms with E-state index in [9.17, 15) is 4.79 Å². The van der Waals surface area contributed by atoms with Gasteiger partial charge in [0.2, 0.25) is 5.95 Å². The second-order valence-corrected chi connectivity index (χ2v) is 10.4. The molecule has 2 saturated heterocycles. The first-order chi connectivity index (χ1) is 19.8. The van der Waals surface area contributed by atoms with Crippen LogP contribution in [0.3, 0.4) is 0 Å². The van der Waals surface area contributed by atoms with Crippen molar-refractivity contribution in [2.75, 3.05) is 49.6 Å². The van der Waals surface area contributed by atoms with E-state index < -0.39 is 11.3 Å². The van der Waals surface area contributed by atoms with Gasteiger partial charge in [-0.3, -0.25) is 18.8 Å². The number of hydrogen-bond acceptors (Lipinski definition) is 10. The van der Waals surface area contributed by atoms with Gasteiger partial charge in [-0.15, -0.1) is 0 Å². The molecular weight excluding hydrogens is 548 g/mol. The summed E-state index contributed by atoms with van der Waals surface area (Å²) in [5, 5.41) is 12.1. The molecule has 0 spiro atoms. The summed E-state index contributed by atoms with van der Waals surface area (Å²) in [7, 11) is 1.90. The molecule has 0 saturated carbocycles. The number of aryl methyl sites for hydroxylation is 1. The first kappa shape index (κ1) is 28.7. The maximum atomic E-state index is 13.2. The van der Waals surface area contributed by atoms with Crippen molar-refractivity contribution in [1.29, 1.82) is 0 Å². The SMILES string of the molecule is Cc1c(-c2ccccc2)nn(C)c1Nc1nc(N2CCOCC2)c2oc(C(=O)N3CCCCC3)cc2n1.NS(=O)[O-]. The van der Waals surface area contributed by atoms with Crippen molar-refractivity contribution in [1.82, 2.24) is 24.6 Å². The Morgan fingerprint density at radius 3 is 2.44 bits per heavy atom. The molecule has 13 nitrogen and oxygen atoms in total. The second-order valence-electron chi connectivity index (χ2n) is 9.85. The lowest BCUT2D eigenvalue weighted by atomic mass is 10.1. The van der Waals surface area contributed by atoms with Crippen molar-refractivity contribution in [2.24, 2.45) is 12.2 Å². The predicted octanol–water partition coefficient (Wildman–Crippen LogP) is 2.88. The minimum absolute atomic E-state index is 0.0879. The van der Waals surface area contributed by atoms with E-state index in [-0.39, 0.29) is 5.91 Å². The quantitative estimate of drug-likeness (QED) is 0.334. The topological polar surface area (TPSA) is 168 Å². The van der Waals surface area contributed by atoms with Crippen molar-refractivity contribution < 1.29 is 22.7 Å². The number of piperidine rings is 1. The highest BCUT2D eigenvalue weighted by molar-refractivity contribution is 7.76. The standard InChI is InChI=1S/C27H31N7O3.H3NO2S/c1-18-22(19-9-5-3-6-10-19)31-32(2)24(18)29-27-28-20-17-21(26(35)34-11-7-4-8-12-34)37-23(20)25(30-27)33-13-15-36-16-14-33;1-4(2)3/h3,5-6,9-10,17H,4,7-8,11-16H2,1-2H3,(H,28,29,30);1H2,(H,2,3)/p-1. The van der Waals surface area contributed by atoms with Gasteiger partial charge in [0.25, 0.3) is 5.91 Å². The number of aromatic nitrogens is 4. The zero-order chi connectivity index (χ0) is 28.9. The van der Waals surface area contributed by atoms with E-state index >= 15 is 0 Å². The van der Waals surface area contributed by atoms with E-state index in [0.29, 0.717) is 54.9 Å². The third-order valence-corrected chi connectivity index (χ3v) is 7.08. The van der Waals surface area contributed by atoms with Gasteiger partial charge in [0.1, 0.15) is 11.3 Å². The molecule has 3 N–H and O–H groups in total. The van der Waals surface area contributed by atoms with Crippen LogP contribution in [0.5, 0.6) is 0 Å². The van der Waals surface area contributed by atoms with Gasteiger partial charge in [-0.25, -0.2) is 4.98 Å². The Bertz CT molecular complexity index is 1520. The Labute approximate surface area is 240 Å². The van der Waals surface area contributed by atoms with Crippen LogP contribution in [0.1, 0.15) is 35.4 Å². The molecule has 5 heterocycles. The van der Waals surface area contributed by atoms with Gasteiger partial charge in [0, 0.05) is 61.7 Å². The molecule has 14 heteroatoms. The summed E-state index contributed by atoms with van der Waals surface area (Å²) in [4.78, 5) is 26.8. The number of rotatable bonds is 5. The maximum absolute atomic E-state index is 13.2. The highest BCUT2D eigenvalue weighted by Crippen LogP contribution is 2.33. The van der Waals surface area contributed by atoms with Crippen LogP contribution in [-0.4, -0.2) is 78.7 Å². The molecule has 2 aliphatic heterocycles. The molecule has 4 aromatic rings. The summed E-state index contributed by atoms with van der Waals surface area (Å²) in [5.74, 6) is 2.12. The average molecular weight is 582 g/mol. The summed E-state index contributed by atoms with van der Waals surface area (Å²) in [6.45, 7) is 6.13. The number of furan rings is 1. The van der Waals surface area contributed by atoms with Crippen LogP contribution in [0.2, 0.25) is 0 Å². The van der Waals surface area contributed by atoms with E-state index in [1.165, 1.54) is 0 Å². The lowest BCUT2D eigenvalue weighted by Gasteiger charge is -2.28. The molecule has 218 valence electrons. The van der Waals surface area contributed by atoms with Crippen molar-refractivity contribution in [2.45, 2.75) is 26.2 Å². The van der Waals surface area contributed by atoms with Gasteiger partial charge >= 0.3 is 0 Å². The average Bonchev–Trinajstić information content (AvgIpc) is 3.54. The largest absolute Gasteiger partial charge is 0.760 e. The van der Waals surface area contributed by atoms with Crippen molar-refractivity contribution >= 4 is 45.9 Å². The minimum atomic E-state index is -2.36. The Balaban J connectivity index is 0.000000794. The Kier molecular flexibility index (Phi) is 8.93. The summed E-state index contributed by atoms with van der Waals surface area (Å²) >= 11 is -2.36. The number of morpholine rings is 1. The lowest BCUT2D eigenvalue weighted by Crippen LogP contribution is -2.37. The molecule has 1 unspecified atom stereocenters. The van der Waals surface area contributed by atoms with Gasteiger partial charge in [-0.2, -0.15) is 10.1 Å². The zero-order valence-electron chi connectivity index (χ0n) is 23.0. The number of nitrogens with zero attached hydrogens (tertiary/aromatic N) is 6. The van der Waals surface area contributed by atoms with E-state index in [4.69, 9.17) is 33.0 Å². The van der Waals surface area contributed by atoms with Crippen molar-refractivity contribution in [3.8, 4) is 11.3 Å². The molecule has 1 aromatic carbocycles. The summed E-state index contributed by atoms with van der Waals surface area (Å²) in [6, 6.07) is 11.8. The molecule has 41 heavy (non-hydrogen) atoms. The van der Waals surface area contributed by atoms with Crippen LogP contribution in [0.25, 0.3) is 22.4 Å². The molecule has 0 radical (unpaired) electrons. The summed E-state index contributed by atoms with van der Waals surface area (Å²) in [6.07, 6.45) is 3.20. The van der Waals surface area contributed by atoms with Gasteiger partial charge < -0.3 is 28.8 Å². The van der Waals surface area contributed by atoms with Crippen LogP contribution in [-0.2, 0) is 23.1 Å². The normalized spacial score (nSPS) is 16.3. The Morgan fingerprint density at radius 1 is 1.07 bits per heavy atom. The second kappa shape index (κ2) is 12.8. The first-order valence-corrected chi connectivity index (χ1v) is 14.6. The molecule has 0 aliphatic carbocycles. The van der Waals surface area contributed by atoms with Crippen LogP contribution < -0.4 is 15.4 Å². The Morgan fingerprint density at radius 2 is 1.76 bits per heavy atom. The molecule has 6 rings (SSSR count). The Hall–Kier alpha value is -3.85. The van der Waals surface area contributed by atoms with E-state index in [0.717, 1.165) is 55.0 Å². The number of ether oxygens (including phenoxy) is 1. The predicted molar refractivity (Wildman–Crippen MR) is 154 cm³/mol. The number of amides is 1. The number of anilines is 3.